The Morgan fingerprint density at radius 1 is 1.23 bits per heavy atom. The first-order chi connectivity index (χ1) is 17.0. The molecule has 3 heterocycles. The van der Waals surface area contributed by atoms with Crippen LogP contribution < -0.4 is 15.4 Å². The molecular formula is C25H30FN5O4. The van der Waals surface area contributed by atoms with Gasteiger partial charge in [0.2, 0.25) is 0 Å². The first-order valence-electron chi connectivity index (χ1n) is 11.5. The molecular weight excluding hydrogens is 453 g/mol. The Kier molecular flexibility index (Phi) is 7.96. The van der Waals surface area contributed by atoms with E-state index in [2.05, 4.69) is 20.6 Å². The Balaban J connectivity index is 1.44. The Labute approximate surface area is 202 Å². The average molecular weight is 484 g/mol. The number of carbonyl (C=O) groups is 1. The lowest BCUT2D eigenvalue weighted by Gasteiger charge is -2.26. The number of urea groups is 1. The van der Waals surface area contributed by atoms with E-state index in [1.54, 1.807) is 24.3 Å². The number of amides is 2. The van der Waals surface area contributed by atoms with Crippen LogP contribution in [0.4, 0.5) is 9.18 Å². The van der Waals surface area contributed by atoms with Crippen molar-refractivity contribution in [2.75, 3.05) is 46.5 Å². The molecule has 0 radical (unpaired) electrons. The molecule has 9 nitrogen and oxygen atoms in total. The number of aromatic nitrogens is 2. The molecule has 0 bridgehead atoms. The molecule has 0 atom stereocenters. The highest BCUT2D eigenvalue weighted by Crippen LogP contribution is 2.36. The van der Waals surface area contributed by atoms with Gasteiger partial charge < -0.3 is 35.5 Å². The zero-order valence-electron chi connectivity index (χ0n) is 19.6. The number of aromatic amines is 1. The number of halogens is 1. The van der Waals surface area contributed by atoms with E-state index < -0.39 is 0 Å². The van der Waals surface area contributed by atoms with Gasteiger partial charge in [0.15, 0.2) is 0 Å². The molecule has 5 N–H and O–H groups in total. The molecule has 35 heavy (non-hydrogen) atoms. The normalized spacial score (nSPS) is 13.9. The number of hydrogen-bond acceptors (Lipinski definition) is 6. The number of nitrogens with zero attached hydrogens (tertiary/aromatic N) is 2. The summed E-state index contributed by atoms with van der Waals surface area (Å²) in [5.74, 6) is 0.242. The highest BCUT2D eigenvalue weighted by atomic mass is 19.1. The van der Waals surface area contributed by atoms with Crippen molar-refractivity contribution in [2.24, 2.45) is 0 Å². The molecule has 2 amide bonds. The molecule has 0 aliphatic carbocycles. The minimum Gasteiger partial charge on any atom is -0.496 e. The van der Waals surface area contributed by atoms with E-state index in [-0.39, 0.29) is 31.1 Å². The van der Waals surface area contributed by atoms with Gasteiger partial charge in [-0.15, -0.1) is 0 Å². The van der Waals surface area contributed by atoms with Gasteiger partial charge in [0.1, 0.15) is 17.2 Å². The number of aliphatic hydroxyl groups is 2. The molecule has 10 heteroatoms. The second-order valence-electron chi connectivity index (χ2n) is 8.32. The van der Waals surface area contributed by atoms with E-state index in [0.717, 1.165) is 22.2 Å². The number of pyridine rings is 1. The van der Waals surface area contributed by atoms with Crippen LogP contribution in [0.15, 0.2) is 42.6 Å². The maximum absolute atomic E-state index is 14.0. The van der Waals surface area contributed by atoms with Crippen molar-refractivity contribution in [3.05, 3.63) is 54.1 Å². The number of aliphatic hydroxyl groups excluding tert-OH is 2. The lowest BCUT2D eigenvalue weighted by molar-refractivity contribution is 0.171. The fourth-order valence-corrected chi connectivity index (χ4v) is 4.17. The number of hydrogen-bond donors (Lipinski definition) is 5. The molecule has 0 saturated heterocycles. The molecule has 0 saturated carbocycles. The van der Waals surface area contributed by atoms with E-state index >= 15 is 0 Å². The fraction of sp³-hybridized carbons (Fsp3) is 0.360. The topological polar surface area (TPSA) is 123 Å². The lowest BCUT2D eigenvalue weighted by atomic mass is 10.0. The second-order valence-corrected chi connectivity index (χ2v) is 8.32. The number of H-pyrrole nitrogens is 1. The van der Waals surface area contributed by atoms with Crippen molar-refractivity contribution in [1.82, 2.24) is 25.5 Å². The highest BCUT2D eigenvalue weighted by molar-refractivity contribution is 5.96. The molecule has 3 aromatic rings. The van der Waals surface area contributed by atoms with Crippen molar-refractivity contribution in [2.45, 2.75) is 12.5 Å². The standard InChI is InChI=1S/C25H30FN5O4/c1-35-23-3-2-17(26)12-20(23)19-4-7-28-24-21(19)13-22(30-24)16-5-10-31(11-6-16)25(34)29-9-8-27-18(14-32)15-33/h2-5,7,12-13,18,27,32-33H,6,8-11,14-15H2,1H3,(H,28,30)(H,29,34). The molecule has 0 fully saturated rings. The van der Waals surface area contributed by atoms with Crippen molar-refractivity contribution < 1.29 is 24.1 Å². The van der Waals surface area contributed by atoms with E-state index in [4.69, 9.17) is 14.9 Å². The number of ether oxygens (including phenoxy) is 1. The van der Waals surface area contributed by atoms with Gasteiger partial charge in [0, 0.05) is 49.0 Å². The highest BCUT2D eigenvalue weighted by Gasteiger charge is 2.20. The van der Waals surface area contributed by atoms with E-state index in [1.807, 2.05) is 18.2 Å². The number of fused-ring (bicyclic) bond motifs is 1. The number of methoxy groups -OCH3 is 1. The van der Waals surface area contributed by atoms with Crippen molar-refractivity contribution >= 4 is 22.6 Å². The van der Waals surface area contributed by atoms with Gasteiger partial charge in [0.05, 0.1) is 26.4 Å². The van der Waals surface area contributed by atoms with Gasteiger partial charge in [-0.05, 0) is 47.9 Å². The summed E-state index contributed by atoms with van der Waals surface area (Å²) >= 11 is 0. The van der Waals surface area contributed by atoms with Gasteiger partial charge in [-0.1, -0.05) is 6.08 Å². The van der Waals surface area contributed by atoms with Gasteiger partial charge >= 0.3 is 6.03 Å². The quantitative estimate of drug-likeness (QED) is 0.297. The average Bonchev–Trinajstić information content (AvgIpc) is 3.33. The maximum atomic E-state index is 14.0. The molecule has 186 valence electrons. The molecule has 1 aliphatic heterocycles. The third kappa shape index (κ3) is 5.61. The fourth-order valence-electron chi connectivity index (χ4n) is 4.17. The summed E-state index contributed by atoms with van der Waals surface area (Å²) in [6.45, 7) is 1.55. The minimum atomic E-state index is -0.388. The van der Waals surface area contributed by atoms with Crippen LogP contribution in [-0.2, 0) is 0 Å². The van der Waals surface area contributed by atoms with Crippen LogP contribution in [0.5, 0.6) is 5.75 Å². The first kappa shape index (κ1) is 24.6. The molecule has 1 aliphatic rings. The summed E-state index contributed by atoms with van der Waals surface area (Å²) in [4.78, 5) is 22.0. The first-order valence-corrected chi connectivity index (χ1v) is 11.5. The number of benzene rings is 1. The van der Waals surface area contributed by atoms with Crippen LogP contribution in [0.25, 0.3) is 27.7 Å². The van der Waals surface area contributed by atoms with Crippen LogP contribution in [0, 0.1) is 5.82 Å². The summed E-state index contributed by atoms with van der Waals surface area (Å²) in [7, 11) is 1.56. The summed E-state index contributed by atoms with van der Waals surface area (Å²) in [5.41, 5.74) is 4.17. The van der Waals surface area contributed by atoms with Gasteiger partial charge in [0.25, 0.3) is 0 Å². The maximum Gasteiger partial charge on any atom is 0.317 e. The monoisotopic (exact) mass is 483 g/mol. The van der Waals surface area contributed by atoms with Crippen LogP contribution in [0.2, 0.25) is 0 Å². The van der Waals surface area contributed by atoms with E-state index in [0.29, 0.717) is 49.6 Å². The largest absolute Gasteiger partial charge is 0.496 e. The molecule has 0 spiro atoms. The number of nitrogens with one attached hydrogen (secondary N) is 3. The third-order valence-electron chi connectivity index (χ3n) is 6.10. The van der Waals surface area contributed by atoms with Crippen molar-refractivity contribution in [1.29, 1.82) is 0 Å². The van der Waals surface area contributed by atoms with Gasteiger partial charge in [-0.25, -0.2) is 14.2 Å². The third-order valence-corrected chi connectivity index (χ3v) is 6.10. The van der Waals surface area contributed by atoms with Gasteiger partial charge in [-0.2, -0.15) is 0 Å². The SMILES string of the molecule is COc1ccc(F)cc1-c1ccnc2[nH]c(C3=CCN(C(=O)NCCNC(CO)CO)CC3)cc12. The summed E-state index contributed by atoms with van der Waals surface area (Å²) in [5, 5.41) is 24.8. The summed E-state index contributed by atoms with van der Waals surface area (Å²) < 4.78 is 19.4. The molecule has 0 unspecified atom stereocenters. The van der Waals surface area contributed by atoms with E-state index in [9.17, 15) is 9.18 Å². The van der Waals surface area contributed by atoms with Crippen LogP contribution in [0.1, 0.15) is 12.1 Å². The second kappa shape index (κ2) is 11.3. The van der Waals surface area contributed by atoms with Crippen molar-refractivity contribution in [3.8, 4) is 16.9 Å². The smallest absolute Gasteiger partial charge is 0.317 e. The number of rotatable bonds is 9. The number of carbonyl (C=O) groups excluding carboxylic acids is 1. The van der Waals surface area contributed by atoms with Crippen LogP contribution >= 0.6 is 0 Å². The minimum absolute atomic E-state index is 0.162. The zero-order chi connectivity index (χ0) is 24.8. The summed E-state index contributed by atoms with van der Waals surface area (Å²) in [6, 6.07) is 7.74. The van der Waals surface area contributed by atoms with Crippen LogP contribution in [0.3, 0.4) is 0 Å². The Bertz CT molecular complexity index is 1210. The summed E-state index contributed by atoms with van der Waals surface area (Å²) in [6.07, 6.45) is 4.37. The van der Waals surface area contributed by atoms with Crippen molar-refractivity contribution in [3.63, 3.8) is 0 Å². The van der Waals surface area contributed by atoms with Gasteiger partial charge in [-0.3, -0.25) is 0 Å². The molecule has 4 rings (SSSR count). The predicted molar refractivity (Wildman–Crippen MR) is 132 cm³/mol. The molecule has 2 aromatic heterocycles. The van der Waals surface area contributed by atoms with E-state index in [1.165, 1.54) is 12.1 Å². The lowest BCUT2D eigenvalue weighted by Crippen LogP contribution is -2.46. The predicted octanol–water partition coefficient (Wildman–Crippen LogP) is 2.12. The molecule has 1 aromatic carbocycles. The van der Waals surface area contributed by atoms with Crippen LogP contribution in [-0.4, -0.2) is 83.7 Å². The Hall–Kier alpha value is -3.47. The Morgan fingerprint density at radius 2 is 2.06 bits per heavy atom. The zero-order valence-corrected chi connectivity index (χ0v) is 19.6. The Morgan fingerprint density at radius 3 is 2.77 bits per heavy atom.